The molecule has 1 aliphatic heterocycles. The molecular weight excluding hydrogens is 208 g/mol. The van der Waals surface area contributed by atoms with Crippen LogP contribution in [0.4, 0.5) is 0 Å². The van der Waals surface area contributed by atoms with Crippen molar-refractivity contribution in [2.45, 2.75) is 32.7 Å². The van der Waals surface area contributed by atoms with E-state index in [9.17, 15) is 9.59 Å². The molecule has 5 heteroatoms. The molecule has 5 nitrogen and oxygen atoms in total. The van der Waals surface area contributed by atoms with Gasteiger partial charge in [0.2, 0.25) is 5.91 Å². The van der Waals surface area contributed by atoms with Crippen LogP contribution in [0.25, 0.3) is 0 Å². The fourth-order valence-corrected chi connectivity index (χ4v) is 1.77. The fraction of sp³-hybridized carbons (Fsp3) is 0.818. The van der Waals surface area contributed by atoms with Crippen molar-refractivity contribution in [3.8, 4) is 0 Å². The van der Waals surface area contributed by atoms with Gasteiger partial charge in [0.1, 0.15) is 6.04 Å². The molecule has 16 heavy (non-hydrogen) atoms. The van der Waals surface area contributed by atoms with Crippen molar-refractivity contribution in [3.05, 3.63) is 0 Å². The van der Waals surface area contributed by atoms with Crippen LogP contribution in [0.1, 0.15) is 26.7 Å². The summed E-state index contributed by atoms with van der Waals surface area (Å²) >= 11 is 0. The molecule has 1 aliphatic rings. The van der Waals surface area contributed by atoms with Crippen LogP contribution < -0.4 is 5.32 Å². The van der Waals surface area contributed by atoms with Crippen molar-refractivity contribution in [1.29, 1.82) is 0 Å². The van der Waals surface area contributed by atoms with Crippen LogP contribution in [0, 0.1) is 5.92 Å². The minimum atomic E-state index is -0.999. The Morgan fingerprint density at radius 3 is 2.50 bits per heavy atom. The highest BCUT2D eigenvalue weighted by molar-refractivity contribution is 5.84. The molecule has 2 N–H and O–H groups in total. The molecule has 1 saturated heterocycles. The van der Waals surface area contributed by atoms with Gasteiger partial charge in [0.05, 0.1) is 6.54 Å². The van der Waals surface area contributed by atoms with Gasteiger partial charge in [-0.15, -0.1) is 0 Å². The third-order valence-corrected chi connectivity index (χ3v) is 2.99. The van der Waals surface area contributed by atoms with Crippen molar-refractivity contribution in [2.24, 2.45) is 5.92 Å². The molecule has 1 heterocycles. The lowest BCUT2D eigenvalue weighted by molar-refractivity contribution is -0.141. The van der Waals surface area contributed by atoms with Crippen molar-refractivity contribution in [3.63, 3.8) is 0 Å². The number of hydrogen-bond donors (Lipinski definition) is 2. The lowest BCUT2D eigenvalue weighted by atomic mass is 9.99. The number of nitrogens with one attached hydrogen (secondary N) is 1. The minimum absolute atomic E-state index is 0.204. The van der Waals surface area contributed by atoms with E-state index >= 15 is 0 Å². The smallest absolute Gasteiger partial charge is 0.325 e. The number of likely N-dealkylation sites (tertiary alicyclic amines) is 1. The Labute approximate surface area is 95.8 Å². The molecule has 1 fully saturated rings. The Kier molecular flexibility index (Phi) is 4.73. The standard InChI is InChI=1S/C11H20N2O3/c1-8-3-5-13(6-4-8)7-10(14)12-9(2)11(15)16/h8-9H,3-7H2,1-2H3,(H,12,14)(H,15,16). The van der Waals surface area contributed by atoms with E-state index in [4.69, 9.17) is 5.11 Å². The second kappa shape index (κ2) is 5.84. The van der Waals surface area contributed by atoms with Gasteiger partial charge >= 0.3 is 5.97 Å². The average molecular weight is 228 g/mol. The van der Waals surface area contributed by atoms with Gasteiger partial charge in [-0.3, -0.25) is 14.5 Å². The highest BCUT2D eigenvalue weighted by Crippen LogP contribution is 2.15. The normalized spacial score (nSPS) is 20.4. The molecule has 1 unspecified atom stereocenters. The summed E-state index contributed by atoms with van der Waals surface area (Å²) in [6.45, 7) is 5.85. The molecular formula is C11H20N2O3. The minimum Gasteiger partial charge on any atom is -0.480 e. The Morgan fingerprint density at radius 1 is 1.44 bits per heavy atom. The zero-order valence-corrected chi connectivity index (χ0v) is 9.90. The van der Waals surface area contributed by atoms with E-state index in [-0.39, 0.29) is 5.91 Å². The second-order valence-electron chi connectivity index (χ2n) is 4.59. The first-order chi connectivity index (χ1) is 7.49. The van der Waals surface area contributed by atoms with Crippen LogP contribution in [0.3, 0.4) is 0 Å². The highest BCUT2D eigenvalue weighted by Gasteiger charge is 2.20. The molecule has 0 radical (unpaired) electrons. The molecule has 1 atom stereocenters. The van der Waals surface area contributed by atoms with Crippen molar-refractivity contribution in [2.75, 3.05) is 19.6 Å². The topological polar surface area (TPSA) is 69.6 Å². The molecule has 1 rings (SSSR count). The number of carboxylic acid groups (broad SMARTS) is 1. The summed E-state index contributed by atoms with van der Waals surface area (Å²) in [6, 6.07) is -0.809. The maximum atomic E-state index is 11.5. The zero-order chi connectivity index (χ0) is 12.1. The SMILES string of the molecule is CC1CCN(CC(=O)NC(C)C(=O)O)CC1. The van der Waals surface area contributed by atoms with Crippen LogP contribution in [-0.2, 0) is 9.59 Å². The van der Waals surface area contributed by atoms with Gasteiger partial charge in [-0.2, -0.15) is 0 Å². The monoisotopic (exact) mass is 228 g/mol. The summed E-state index contributed by atoms with van der Waals surface area (Å²) in [5.41, 5.74) is 0. The summed E-state index contributed by atoms with van der Waals surface area (Å²) in [6.07, 6.45) is 2.23. The molecule has 1 amide bonds. The van der Waals surface area contributed by atoms with Gasteiger partial charge < -0.3 is 10.4 Å². The number of piperidine rings is 1. The third kappa shape index (κ3) is 4.18. The van der Waals surface area contributed by atoms with Crippen molar-refractivity contribution >= 4 is 11.9 Å². The number of aliphatic carboxylic acids is 1. The van der Waals surface area contributed by atoms with Crippen molar-refractivity contribution < 1.29 is 14.7 Å². The van der Waals surface area contributed by atoms with E-state index in [1.54, 1.807) is 0 Å². The number of nitrogens with zero attached hydrogens (tertiary/aromatic N) is 1. The lowest BCUT2D eigenvalue weighted by Gasteiger charge is -2.29. The van der Waals surface area contributed by atoms with E-state index in [0.29, 0.717) is 6.54 Å². The molecule has 0 aromatic rings. The van der Waals surface area contributed by atoms with E-state index < -0.39 is 12.0 Å². The molecule has 0 saturated carbocycles. The van der Waals surface area contributed by atoms with Crippen molar-refractivity contribution in [1.82, 2.24) is 10.2 Å². The quantitative estimate of drug-likeness (QED) is 0.726. The predicted molar refractivity (Wildman–Crippen MR) is 60.1 cm³/mol. The lowest BCUT2D eigenvalue weighted by Crippen LogP contribution is -2.45. The molecule has 0 bridgehead atoms. The molecule has 0 aliphatic carbocycles. The largest absolute Gasteiger partial charge is 0.480 e. The zero-order valence-electron chi connectivity index (χ0n) is 9.90. The molecule has 0 aromatic heterocycles. The first-order valence-corrected chi connectivity index (χ1v) is 5.73. The molecule has 0 spiro atoms. The van der Waals surface area contributed by atoms with Gasteiger partial charge in [-0.25, -0.2) is 0 Å². The number of carboxylic acids is 1. The first-order valence-electron chi connectivity index (χ1n) is 5.73. The predicted octanol–water partition coefficient (Wildman–Crippen LogP) is 0.308. The fourth-order valence-electron chi connectivity index (χ4n) is 1.77. The maximum absolute atomic E-state index is 11.5. The Morgan fingerprint density at radius 2 is 2.00 bits per heavy atom. The summed E-state index contributed by atoms with van der Waals surface area (Å²) < 4.78 is 0. The van der Waals surface area contributed by atoms with Gasteiger partial charge in [0.15, 0.2) is 0 Å². The van der Waals surface area contributed by atoms with Crippen LogP contribution in [0.5, 0.6) is 0 Å². The van der Waals surface area contributed by atoms with E-state index in [0.717, 1.165) is 31.8 Å². The number of carbonyl (C=O) groups excluding carboxylic acids is 1. The van der Waals surface area contributed by atoms with Crippen LogP contribution in [0.2, 0.25) is 0 Å². The van der Waals surface area contributed by atoms with Gasteiger partial charge in [0, 0.05) is 0 Å². The van der Waals surface area contributed by atoms with Crippen LogP contribution in [-0.4, -0.2) is 47.6 Å². The Bertz CT molecular complexity index is 260. The number of carbonyl (C=O) groups is 2. The molecule has 0 aromatic carbocycles. The van der Waals surface area contributed by atoms with Gasteiger partial charge in [-0.1, -0.05) is 6.92 Å². The van der Waals surface area contributed by atoms with Gasteiger partial charge in [-0.05, 0) is 38.8 Å². The maximum Gasteiger partial charge on any atom is 0.325 e. The second-order valence-corrected chi connectivity index (χ2v) is 4.59. The summed E-state index contributed by atoms with van der Waals surface area (Å²) in [4.78, 5) is 24.1. The number of hydrogen-bond acceptors (Lipinski definition) is 3. The molecule has 92 valence electrons. The summed E-state index contributed by atoms with van der Waals surface area (Å²) in [5.74, 6) is -0.470. The third-order valence-electron chi connectivity index (χ3n) is 2.99. The van der Waals surface area contributed by atoms with Crippen LogP contribution in [0.15, 0.2) is 0 Å². The van der Waals surface area contributed by atoms with E-state index in [1.165, 1.54) is 6.92 Å². The Hall–Kier alpha value is -1.10. The van der Waals surface area contributed by atoms with E-state index in [1.807, 2.05) is 0 Å². The number of amides is 1. The first kappa shape index (κ1) is 13.0. The average Bonchev–Trinajstić information content (AvgIpc) is 2.21. The number of rotatable bonds is 4. The Balaban J connectivity index is 2.26. The van der Waals surface area contributed by atoms with Crippen LogP contribution >= 0.6 is 0 Å². The van der Waals surface area contributed by atoms with E-state index in [2.05, 4.69) is 17.1 Å². The van der Waals surface area contributed by atoms with Gasteiger partial charge in [0.25, 0.3) is 0 Å². The summed E-state index contributed by atoms with van der Waals surface area (Å²) in [5, 5.41) is 11.1. The summed E-state index contributed by atoms with van der Waals surface area (Å²) in [7, 11) is 0. The highest BCUT2D eigenvalue weighted by atomic mass is 16.4.